The summed E-state index contributed by atoms with van der Waals surface area (Å²) in [6, 6.07) is 19.2. The van der Waals surface area contributed by atoms with Gasteiger partial charge in [-0.25, -0.2) is 9.11 Å². The number of ether oxygens (including phenoxy) is 1. The molecule has 1 saturated heterocycles. The first-order valence-electron chi connectivity index (χ1n) is 12.1. The zero-order chi connectivity index (χ0) is 26.6. The number of nitrogens with one attached hydrogen (secondary N) is 1. The Morgan fingerprint density at radius 3 is 2.66 bits per heavy atom. The maximum atomic E-state index is 13.8. The average Bonchev–Trinajstić information content (AvgIpc) is 2.94. The lowest BCUT2D eigenvalue weighted by Gasteiger charge is -2.35. The van der Waals surface area contributed by atoms with Crippen LogP contribution >= 0.6 is 11.6 Å². The van der Waals surface area contributed by atoms with Crippen LogP contribution in [0.2, 0.25) is 5.02 Å². The molecule has 1 aliphatic rings. The number of carbonyl (C=O) groups is 1. The summed E-state index contributed by atoms with van der Waals surface area (Å²) >= 11 is 4.21. The molecule has 1 atom stereocenters. The van der Waals surface area contributed by atoms with Crippen molar-refractivity contribution in [2.75, 3.05) is 38.0 Å². The van der Waals surface area contributed by atoms with Gasteiger partial charge < -0.3 is 14.2 Å². The average molecular weight is 553 g/mol. The van der Waals surface area contributed by atoms with Crippen molar-refractivity contribution in [1.82, 2.24) is 14.8 Å². The summed E-state index contributed by atoms with van der Waals surface area (Å²) in [4.78, 5) is 22.2. The van der Waals surface area contributed by atoms with Crippen LogP contribution in [0.15, 0.2) is 77.8 Å². The Balaban J connectivity index is 1.24. The summed E-state index contributed by atoms with van der Waals surface area (Å²) in [5, 5.41) is 1.01. The maximum Gasteiger partial charge on any atom is 0.257 e. The number of anilines is 1. The number of nitrogens with zero attached hydrogens (tertiary/aromatic N) is 3. The van der Waals surface area contributed by atoms with Gasteiger partial charge in [-0.1, -0.05) is 35.9 Å². The molecule has 1 N–H and O–H groups in total. The molecule has 7 nitrogen and oxygen atoms in total. The van der Waals surface area contributed by atoms with Crippen LogP contribution in [0.3, 0.4) is 0 Å². The first-order chi connectivity index (χ1) is 18.4. The molecule has 1 aromatic heterocycles. The highest BCUT2D eigenvalue weighted by molar-refractivity contribution is 7.93. The van der Waals surface area contributed by atoms with Crippen molar-refractivity contribution in [3.8, 4) is 5.75 Å². The Morgan fingerprint density at radius 2 is 1.89 bits per heavy atom. The maximum absolute atomic E-state index is 13.8. The van der Waals surface area contributed by atoms with Crippen LogP contribution in [-0.2, 0) is 17.9 Å². The van der Waals surface area contributed by atoms with Crippen molar-refractivity contribution in [1.29, 1.82) is 0 Å². The number of fused-ring (bicyclic) bond motifs is 1. The van der Waals surface area contributed by atoms with Gasteiger partial charge in [-0.2, -0.15) is 0 Å². The predicted octanol–water partition coefficient (Wildman–Crippen LogP) is 5.13. The topological polar surface area (TPSA) is 80.8 Å². The minimum absolute atomic E-state index is 0.108. The second-order valence-electron chi connectivity index (χ2n) is 8.93. The second kappa shape index (κ2) is 11.6. The van der Waals surface area contributed by atoms with E-state index < -0.39 is 17.2 Å². The van der Waals surface area contributed by atoms with Gasteiger partial charge in [0.2, 0.25) is 4.90 Å². The number of methoxy groups -OCH3 is 1. The smallest absolute Gasteiger partial charge is 0.257 e. The fourth-order valence-electron chi connectivity index (χ4n) is 4.49. The van der Waals surface area contributed by atoms with E-state index in [4.69, 9.17) is 16.3 Å². The largest absolute Gasteiger partial charge is 0.588 e. The molecular weight excluding hydrogens is 527 g/mol. The third-order valence-electron chi connectivity index (χ3n) is 6.49. The summed E-state index contributed by atoms with van der Waals surface area (Å²) < 4.78 is 35.4. The molecule has 1 unspecified atom stereocenters. The van der Waals surface area contributed by atoms with E-state index in [2.05, 4.69) is 14.6 Å². The van der Waals surface area contributed by atoms with E-state index >= 15 is 0 Å². The van der Waals surface area contributed by atoms with Crippen LogP contribution in [0.1, 0.15) is 15.9 Å². The van der Waals surface area contributed by atoms with Gasteiger partial charge in [-0.3, -0.25) is 14.7 Å². The molecule has 5 rings (SSSR count). The summed E-state index contributed by atoms with van der Waals surface area (Å²) in [5.41, 5.74) is 2.50. The van der Waals surface area contributed by atoms with Gasteiger partial charge in [-0.05, 0) is 42.0 Å². The Morgan fingerprint density at radius 1 is 1.11 bits per heavy atom. The molecule has 0 bridgehead atoms. The third kappa shape index (κ3) is 5.71. The highest BCUT2D eigenvalue weighted by atomic mass is 35.5. The minimum Gasteiger partial charge on any atom is -0.588 e. The fourth-order valence-corrected chi connectivity index (χ4v) is 5.61. The molecule has 0 aliphatic carbocycles. The lowest BCUT2D eigenvalue weighted by atomic mass is 10.1. The Bertz CT molecular complexity index is 1460. The SMILES string of the molecule is COc1cc(N[S+]([O-])c2cccc3cccnc23)ccc1C(=O)N1CCN(Cc2ccc(Cl)c(F)c2)CC1. The van der Waals surface area contributed by atoms with E-state index in [0.717, 1.165) is 10.9 Å². The van der Waals surface area contributed by atoms with Crippen molar-refractivity contribution >= 4 is 45.5 Å². The number of amides is 1. The molecule has 196 valence electrons. The fraction of sp³-hybridized carbons (Fsp3) is 0.214. The number of halogens is 2. The lowest BCUT2D eigenvalue weighted by Crippen LogP contribution is -2.48. The molecule has 0 spiro atoms. The highest BCUT2D eigenvalue weighted by Crippen LogP contribution is 2.28. The van der Waals surface area contributed by atoms with Gasteiger partial charge in [0.05, 0.1) is 23.4 Å². The van der Waals surface area contributed by atoms with E-state index in [1.165, 1.54) is 13.2 Å². The van der Waals surface area contributed by atoms with Crippen LogP contribution in [0.4, 0.5) is 10.1 Å². The van der Waals surface area contributed by atoms with E-state index in [9.17, 15) is 13.7 Å². The van der Waals surface area contributed by atoms with Gasteiger partial charge in [-0.15, -0.1) is 0 Å². The number of hydrogen-bond donors (Lipinski definition) is 1. The number of pyridine rings is 1. The molecule has 2 heterocycles. The molecule has 4 aromatic rings. The van der Waals surface area contributed by atoms with Crippen molar-refractivity contribution in [2.45, 2.75) is 11.4 Å². The normalized spacial score (nSPS) is 14.9. The van der Waals surface area contributed by atoms with E-state index in [1.54, 1.807) is 41.4 Å². The molecule has 10 heteroatoms. The molecule has 1 aliphatic heterocycles. The summed E-state index contributed by atoms with van der Waals surface area (Å²) in [7, 11) is 1.50. The van der Waals surface area contributed by atoms with Gasteiger partial charge in [0, 0.05) is 50.4 Å². The first kappa shape index (κ1) is 26.2. The number of carbonyl (C=O) groups excluding carboxylic acids is 1. The van der Waals surface area contributed by atoms with E-state index in [0.29, 0.717) is 60.1 Å². The number of benzene rings is 3. The number of para-hydroxylation sites is 1. The predicted molar refractivity (Wildman–Crippen MR) is 147 cm³/mol. The van der Waals surface area contributed by atoms with E-state index in [-0.39, 0.29) is 10.9 Å². The first-order valence-corrected chi connectivity index (χ1v) is 13.6. The second-order valence-corrected chi connectivity index (χ2v) is 10.5. The monoisotopic (exact) mass is 552 g/mol. The van der Waals surface area contributed by atoms with Gasteiger partial charge in [0.15, 0.2) is 0 Å². The Kier molecular flexibility index (Phi) is 7.99. The summed E-state index contributed by atoms with van der Waals surface area (Å²) in [6.45, 7) is 2.99. The van der Waals surface area contributed by atoms with E-state index in [1.807, 2.05) is 30.3 Å². The third-order valence-corrected chi connectivity index (χ3v) is 7.94. The Labute approximate surface area is 228 Å². The molecule has 1 fully saturated rings. The van der Waals surface area contributed by atoms with Crippen molar-refractivity contribution in [3.63, 3.8) is 0 Å². The summed E-state index contributed by atoms with van der Waals surface area (Å²) in [6.07, 6.45) is 1.67. The Hall–Kier alpha value is -3.37. The van der Waals surface area contributed by atoms with Gasteiger partial charge in [0.25, 0.3) is 5.91 Å². The number of hydrogen-bond acceptors (Lipinski definition) is 6. The summed E-state index contributed by atoms with van der Waals surface area (Å²) in [5.74, 6) is -0.169. The van der Waals surface area contributed by atoms with Gasteiger partial charge >= 0.3 is 0 Å². The van der Waals surface area contributed by atoms with Crippen molar-refractivity contribution < 1.29 is 18.5 Å². The van der Waals surface area contributed by atoms with Crippen LogP contribution < -0.4 is 9.46 Å². The van der Waals surface area contributed by atoms with Crippen molar-refractivity contribution in [3.05, 3.63) is 94.9 Å². The zero-order valence-corrected chi connectivity index (χ0v) is 22.3. The quantitative estimate of drug-likeness (QED) is 0.320. The lowest BCUT2D eigenvalue weighted by molar-refractivity contribution is 0.0625. The number of rotatable bonds is 7. The molecule has 0 saturated carbocycles. The molecule has 38 heavy (non-hydrogen) atoms. The standard InChI is InChI=1S/C28H26ClFN4O3S/c1-37-25-17-21(32-38(36)26-6-2-4-20-5-3-11-31-27(20)26)8-9-22(25)28(35)34-14-12-33(13-15-34)18-19-7-10-23(29)24(30)16-19/h2-11,16-17,32H,12-15,18H2,1H3. The number of aromatic nitrogens is 1. The highest BCUT2D eigenvalue weighted by Gasteiger charge is 2.25. The van der Waals surface area contributed by atoms with Crippen LogP contribution in [0.25, 0.3) is 10.9 Å². The molecule has 3 aromatic carbocycles. The van der Waals surface area contributed by atoms with Gasteiger partial charge in [0.1, 0.15) is 28.4 Å². The van der Waals surface area contributed by atoms with Crippen LogP contribution in [0, 0.1) is 5.82 Å². The molecular formula is C28H26ClFN4O3S. The number of piperazine rings is 1. The van der Waals surface area contributed by atoms with Crippen LogP contribution in [0.5, 0.6) is 5.75 Å². The minimum atomic E-state index is -1.56. The van der Waals surface area contributed by atoms with Crippen LogP contribution in [-0.4, -0.2) is 58.5 Å². The van der Waals surface area contributed by atoms with Crippen molar-refractivity contribution in [2.24, 2.45) is 0 Å². The molecule has 1 amide bonds. The zero-order valence-electron chi connectivity index (χ0n) is 20.7. The molecule has 0 radical (unpaired) electrons.